The summed E-state index contributed by atoms with van der Waals surface area (Å²) in [6, 6.07) is 6.02. The lowest BCUT2D eigenvalue weighted by Gasteiger charge is -2.15. The van der Waals surface area contributed by atoms with E-state index >= 15 is 0 Å². The summed E-state index contributed by atoms with van der Waals surface area (Å²) in [5.74, 6) is 1.65. The number of rotatable bonds is 10. The molecule has 0 aliphatic rings. The Hall–Kier alpha value is -2.01. The SMILES string of the molecule is CCCOc1c(CNCCCn2ccnc2)cccc1OC. The summed E-state index contributed by atoms with van der Waals surface area (Å²) in [4.78, 5) is 4.04. The van der Waals surface area contributed by atoms with E-state index in [1.807, 2.05) is 24.7 Å². The third-order valence-electron chi connectivity index (χ3n) is 3.38. The topological polar surface area (TPSA) is 48.3 Å². The second-order valence-electron chi connectivity index (χ2n) is 5.13. The first-order valence-electron chi connectivity index (χ1n) is 7.80. The second kappa shape index (κ2) is 9.10. The zero-order valence-electron chi connectivity index (χ0n) is 13.4. The Morgan fingerprint density at radius 1 is 1.32 bits per heavy atom. The van der Waals surface area contributed by atoms with Gasteiger partial charge in [0, 0.05) is 31.0 Å². The summed E-state index contributed by atoms with van der Waals surface area (Å²) in [5.41, 5.74) is 1.13. The third-order valence-corrected chi connectivity index (χ3v) is 3.38. The molecule has 22 heavy (non-hydrogen) atoms. The van der Waals surface area contributed by atoms with Gasteiger partial charge in [0.2, 0.25) is 0 Å². The van der Waals surface area contributed by atoms with Crippen LogP contribution < -0.4 is 14.8 Å². The van der Waals surface area contributed by atoms with E-state index in [2.05, 4.69) is 27.9 Å². The molecule has 0 radical (unpaired) electrons. The second-order valence-corrected chi connectivity index (χ2v) is 5.13. The van der Waals surface area contributed by atoms with Crippen LogP contribution in [0.1, 0.15) is 25.3 Å². The van der Waals surface area contributed by atoms with Gasteiger partial charge >= 0.3 is 0 Å². The lowest BCUT2D eigenvalue weighted by atomic mass is 10.2. The zero-order valence-corrected chi connectivity index (χ0v) is 13.4. The Kier molecular flexibility index (Phi) is 6.77. The number of ether oxygens (including phenoxy) is 2. The van der Waals surface area contributed by atoms with Gasteiger partial charge in [-0.1, -0.05) is 19.1 Å². The molecule has 0 fully saturated rings. The van der Waals surface area contributed by atoms with Crippen LogP contribution in [-0.4, -0.2) is 29.8 Å². The summed E-state index contributed by atoms with van der Waals surface area (Å²) >= 11 is 0. The summed E-state index contributed by atoms with van der Waals surface area (Å²) in [7, 11) is 1.68. The first-order chi connectivity index (χ1) is 10.8. The molecule has 120 valence electrons. The van der Waals surface area contributed by atoms with Gasteiger partial charge in [-0.25, -0.2) is 4.98 Å². The molecule has 0 aliphatic heterocycles. The van der Waals surface area contributed by atoms with Gasteiger partial charge < -0.3 is 19.4 Å². The highest BCUT2D eigenvalue weighted by Crippen LogP contribution is 2.31. The van der Waals surface area contributed by atoms with Gasteiger partial charge in [0.05, 0.1) is 20.0 Å². The minimum absolute atomic E-state index is 0.702. The number of aromatic nitrogens is 2. The number of aryl methyl sites for hydroxylation is 1. The van der Waals surface area contributed by atoms with Crippen molar-refractivity contribution < 1.29 is 9.47 Å². The Bertz CT molecular complexity index is 541. The summed E-state index contributed by atoms with van der Waals surface area (Å²) in [5, 5.41) is 3.46. The van der Waals surface area contributed by atoms with E-state index in [-0.39, 0.29) is 0 Å². The van der Waals surface area contributed by atoms with E-state index in [0.717, 1.165) is 49.5 Å². The average molecular weight is 303 g/mol. The van der Waals surface area contributed by atoms with Gasteiger partial charge in [0.1, 0.15) is 0 Å². The molecular formula is C17H25N3O2. The molecule has 1 heterocycles. The van der Waals surface area contributed by atoms with Crippen LogP contribution in [0.3, 0.4) is 0 Å². The molecule has 0 spiro atoms. The number of methoxy groups -OCH3 is 1. The number of imidazole rings is 1. The highest BCUT2D eigenvalue weighted by molar-refractivity contribution is 5.46. The van der Waals surface area contributed by atoms with Crippen LogP contribution >= 0.6 is 0 Å². The van der Waals surface area contributed by atoms with Crippen LogP contribution in [0.25, 0.3) is 0 Å². The van der Waals surface area contributed by atoms with Gasteiger partial charge in [-0.05, 0) is 25.5 Å². The predicted molar refractivity (Wildman–Crippen MR) is 87.3 cm³/mol. The van der Waals surface area contributed by atoms with Crippen molar-refractivity contribution in [3.8, 4) is 11.5 Å². The third kappa shape index (κ3) is 4.77. The predicted octanol–water partition coefficient (Wildman–Crippen LogP) is 2.86. The minimum atomic E-state index is 0.702. The lowest BCUT2D eigenvalue weighted by molar-refractivity contribution is 0.290. The smallest absolute Gasteiger partial charge is 0.165 e. The lowest BCUT2D eigenvalue weighted by Crippen LogP contribution is -2.17. The van der Waals surface area contributed by atoms with Crippen LogP contribution in [0, 0.1) is 0 Å². The van der Waals surface area contributed by atoms with Crippen molar-refractivity contribution in [2.24, 2.45) is 0 Å². The minimum Gasteiger partial charge on any atom is -0.493 e. The molecule has 0 bridgehead atoms. The molecule has 1 N–H and O–H groups in total. The maximum absolute atomic E-state index is 5.85. The monoisotopic (exact) mass is 303 g/mol. The molecule has 0 saturated carbocycles. The molecule has 5 heteroatoms. The summed E-state index contributed by atoms with van der Waals surface area (Å²) in [6.07, 6.45) is 7.68. The van der Waals surface area contributed by atoms with Gasteiger partial charge in [0.15, 0.2) is 11.5 Å². The molecular weight excluding hydrogens is 278 g/mol. The summed E-state index contributed by atoms with van der Waals surface area (Å²) in [6.45, 7) is 5.50. The van der Waals surface area contributed by atoms with Crippen molar-refractivity contribution in [3.63, 3.8) is 0 Å². The number of para-hydroxylation sites is 1. The fourth-order valence-corrected chi connectivity index (χ4v) is 2.26. The highest BCUT2D eigenvalue weighted by atomic mass is 16.5. The molecule has 0 aliphatic carbocycles. The zero-order chi connectivity index (χ0) is 15.6. The number of benzene rings is 1. The molecule has 1 aromatic carbocycles. The Labute approximate surface area is 132 Å². The van der Waals surface area contributed by atoms with Crippen molar-refractivity contribution in [1.29, 1.82) is 0 Å². The van der Waals surface area contributed by atoms with Gasteiger partial charge in [-0.2, -0.15) is 0 Å². The molecule has 2 rings (SSSR count). The molecule has 0 saturated heterocycles. The van der Waals surface area contributed by atoms with Gasteiger partial charge in [-0.15, -0.1) is 0 Å². The largest absolute Gasteiger partial charge is 0.493 e. The quantitative estimate of drug-likeness (QED) is 0.686. The van der Waals surface area contributed by atoms with Crippen LogP contribution in [0.2, 0.25) is 0 Å². The molecule has 0 atom stereocenters. The molecule has 0 unspecified atom stereocenters. The van der Waals surface area contributed by atoms with Crippen molar-refractivity contribution in [3.05, 3.63) is 42.5 Å². The van der Waals surface area contributed by atoms with E-state index in [9.17, 15) is 0 Å². The fraction of sp³-hybridized carbons (Fsp3) is 0.471. The van der Waals surface area contributed by atoms with E-state index < -0.39 is 0 Å². The Morgan fingerprint density at radius 2 is 2.23 bits per heavy atom. The number of nitrogens with zero attached hydrogens (tertiary/aromatic N) is 2. The first-order valence-corrected chi connectivity index (χ1v) is 7.80. The van der Waals surface area contributed by atoms with Crippen molar-refractivity contribution in [1.82, 2.24) is 14.9 Å². The van der Waals surface area contributed by atoms with Crippen LogP contribution in [0.4, 0.5) is 0 Å². The van der Waals surface area contributed by atoms with Crippen molar-refractivity contribution in [2.45, 2.75) is 32.9 Å². The van der Waals surface area contributed by atoms with Gasteiger partial charge in [0.25, 0.3) is 0 Å². The molecule has 0 amide bonds. The fourth-order valence-electron chi connectivity index (χ4n) is 2.26. The van der Waals surface area contributed by atoms with Crippen LogP contribution in [0.5, 0.6) is 11.5 Å². The van der Waals surface area contributed by atoms with Crippen molar-refractivity contribution >= 4 is 0 Å². The maximum Gasteiger partial charge on any atom is 0.165 e. The van der Waals surface area contributed by atoms with E-state index in [4.69, 9.17) is 9.47 Å². The highest BCUT2D eigenvalue weighted by Gasteiger charge is 2.09. The van der Waals surface area contributed by atoms with Crippen molar-refractivity contribution in [2.75, 3.05) is 20.3 Å². The number of hydrogen-bond donors (Lipinski definition) is 1. The standard InChI is InChI=1S/C17H25N3O2/c1-3-12-22-17-15(6-4-7-16(17)21-2)13-18-8-5-10-20-11-9-19-14-20/h4,6-7,9,11,14,18H,3,5,8,10,12-13H2,1-2H3. The average Bonchev–Trinajstić information content (AvgIpc) is 3.06. The van der Waals surface area contributed by atoms with Gasteiger partial charge in [-0.3, -0.25) is 0 Å². The molecule has 1 aromatic heterocycles. The van der Waals surface area contributed by atoms with E-state index in [1.54, 1.807) is 13.3 Å². The van der Waals surface area contributed by atoms with Crippen LogP contribution in [0.15, 0.2) is 36.9 Å². The first kappa shape index (κ1) is 16.4. The van der Waals surface area contributed by atoms with Crippen LogP contribution in [-0.2, 0) is 13.1 Å². The Balaban J connectivity index is 1.83. The molecule has 5 nitrogen and oxygen atoms in total. The number of hydrogen-bond acceptors (Lipinski definition) is 4. The van der Waals surface area contributed by atoms with E-state index in [0.29, 0.717) is 6.61 Å². The Morgan fingerprint density at radius 3 is 2.95 bits per heavy atom. The molecule has 2 aromatic rings. The normalized spacial score (nSPS) is 10.6. The number of nitrogens with one attached hydrogen (secondary N) is 1. The van der Waals surface area contributed by atoms with E-state index in [1.165, 1.54) is 0 Å². The summed E-state index contributed by atoms with van der Waals surface area (Å²) < 4.78 is 13.3. The maximum atomic E-state index is 5.85.